The summed E-state index contributed by atoms with van der Waals surface area (Å²) in [6.07, 6.45) is 2.49. The molecule has 0 unspecified atom stereocenters. The number of likely N-dealkylation sites (tertiary alicyclic amines) is 1. The molecule has 0 radical (unpaired) electrons. The first-order valence-corrected chi connectivity index (χ1v) is 11.6. The van der Waals surface area contributed by atoms with Crippen LogP contribution in [0.25, 0.3) is 10.9 Å². The van der Waals surface area contributed by atoms with Gasteiger partial charge in [0.25, 0.3) is 5.91 Å². The van der Waals surface area contributed by atoms with Gasteiger partial charge in [0.05, 0.1) is 19.8 Å². The van der Waals surface area contributed by atoms with Crippen LogP contribution in [-0.4, -0.2) is 65.7 Å². The molecule has 33 heavy (non-hydrogen) atoms. The number of benzene rings is 2. The topological polar surface area (TPSA) is 68.8 Å². The third-order valence-corrected chi connectivity index (χ3v) is 7.57. The van der Waals surface area contributed by atoms with Gasteiger partial charge in [-0.1, -0.05) is 0 Å². The van der Waals surface area contributed by atoms with Crippen molar-refractivity contribution in [3.63, 3.8) is 0 Å². The highest BCUT2D eigenvalue weighted by Gasteiger charge is 2.54. The van der Waals surface area contributed by atoms with Gasteiger partial charge in [-0.2, -0.15) is 0 Å². The van der Waals surface area contributed by atoms with Crippen molar-refractivity contribution in [2.45, 2.75) is 24.3 Å². The van der Waals surface area contributed by atoms with Crippen molar-refractivity contribution < 1.29 is 19.0 Å². The van der Waals surface area contributed by atoms with E-state index in [0.29, 0.717) is 24.6 Å². The number of aromatic amines is 1. The van der Waals surface area contributed by atoms with E-state index in [4.69, 9.17) is 4.74 Å². The third-order valence-electron chi connectivity index (χ3n) is 7.57. The molecule has 3 aliphatic rings. The van der Waals surface area contributed by atoms with Gasteiger partial charge in [-0.3, -0.25) is 9.69 Å². The molecule has 1 spiro atoms. The molecule has 1 aromatic heterocycles. The summed E-state index contributed by atoms with van der Waals surface area (Å²) in [6, 6.07) is 11.7. The maximum absolute atomic E-state index is 13.3. The lowest BCUT2D eigenvalue weighted by atomic mass is 9.68. The van der Waals surface area contributed by atoms with Crippen LogP contribution in [0.3, 0.4) is 0 Å². The van der Waals surface area contributed by atoms with Crippen LogP contribution in [0.1, 0.15) is 40.5 Å². The summed E-state index contributed by atoms with van der Waals surface area (Å²) in [4.78, 5) is 20.9. The summed E-state index contributed by atoms with van der Waals surface area (Å²) in [7, 11) is 1.66. The van der Waals surface area contributed by atoms with Crippen molar-refractivity contribution in [2.75, 3.05) is 39.9 Å². The van der Waals surface area contributed by atoms with Crippen LogP contribution in [0.15, 0.2) is 42.5 Å². The standard InChI is InChI=1S/C26H28FN3O3/c1-33-19-8-9-20-21(10-19)28-24-22(12-31)29(11-16-2-3-16)13-26(23(20)24)14-30(15-26)25(32)17-4-6-18(27)7-5-17/h4-10,16,22,28,31H,2-3,11-15H2,1H3/t22-/m0/s1. The quantitative estimate of drug-likeness (QED) is 0.626. The highest BCUT2D eigenvalue weighted by molar-refractivity contribution is 5.96. The molecule has 1 saturated heterocycles. The zero-order chi connectivity index (χ0) is 22.7. The first kappa shape index (κ1) is 20.7. The fourth-order valence-electron chi connectivity index (χ4n) is 5.80. The number of hydrogen-bond acceptors (Lipinski definition) is 4. The Kier molecular flexibility index (Phi) is 4.74. The van der Waals surface area contributed by atoms with Crippen molar-refractivity contribution in [3.05, 3.63) is 65.1 Å². The smallest absolute Gasteiger partial charge is 0.253 e. The molecule has 2 aliphatic heterocycles. The summed E-state index contributed by atoms with van der Waals surface area (Å²) in [5, 5.41) is 11.5. The van der Waals surface area contributed by atoms with Gasteiger partial charge in [0, 0.05) is 59.8 Å². The summed E-state index contributed by atoms with van der Waals surface area (Å²) >= 11 is 0. The van der Waals surface area contributed by atoms with E-state index in [-0.39, 0.29) is 29.8 Å². The number of hydrogen-bond donors (Lipinski definition) is 2. The SMILES string of the molecule is COc1ccc2c3c([nH]c2c1)[C@H](CO)N(CC1CC1)CC31CN(C(=O)c2ccc(F)cc2)C1. The number of halogens is 1. The number of ether oxygens (including phenoxy) is 1. The fourth-order valence-corrected chi connectivity index (χ4v) is 5.80. The second-order valence-electron chi connectivity index (χ2n) is 9.84. The summed E-state index contributed by atoms with van der Waals surface area (Å²) in [6.45, 7) is 3.05. The Hall–Kier alpha value is -2.90. The number of aromatic nitrogens is 1. The van der Waals surface area contributed by atoms with Gasteiger partial charge in [0.15, 0.2) is 0 Å². The van der Waals surface area contributed by atoms with Gasteiger partial charge in [0.1, 0.15) is 11.6 Å². The Morgan fingerprint density at radius 1 is 1.18 bits per heavy atom. The number of amides is 1. The Bertz CT molecular complexity index is 1210. The largest absolute Gasteiger partial charge is 0.497 e. The molecule has 172 valence electrons. The second kappa shape index (κ2) is 7.57. The molecule has 1 amide bonds. The Morgan fingerprint density at radius 2 is 1.94 bits per heavy atom. The molecule has 2 N–H and O–H groups in total. The molecule has 2 fully saturated rings. The normalized spacial score (nSPS) is 21.8. The Balaban J connectivity index is 1.39. The average Bonchev–Trinajstić information content (AvgIpc) is 3.53. The number of carbonyl (C=O) groups excluding carboxylic acids is 1. The molecular formula is C26H28FN3O3. The highest BCUT2D eigenvalue weighted by Crippen LogP contribution is 2.49. The monoisotopic (exact) mass is 449 g/mol. The molecule has 1 saturated carbocycles. The lowest BCUT2D eigenvalue weighted by molar-refractivity contribution is -0.00131. The average molecular weight is 450 g/mol. The van der Waals surface area contributed by atoms with Crippen LogP contribution in [0.4, 0.5) is 4.39 Å². The van der Waals surface area contributed by atoms with E-state index in [9.17, 15) is 14.3 Å². The Labute approximate surface area is 191 Å². The van der Waals surface area contributed by atoms with Crippen molar-refractivity contribution in [1.29, 1.82) is 0 Å². The number of carbonyl (C=O) groups is 1. The van der Waals surface area contributed by atoms with Crippen LogP contribution in [0, 0.1) is 11.7 Å². The molecule has 2 aromatic carbocycles. The third kappa shape index (κ3) is 3.33. The summed E-state index contributed by atoms with van der Waals surface area (Å²) in [5.74, 6) is 1.07. The van der Waals surface area contributed by atoms with Crippen LogP contribution < -0.4 is 4.74 Å². The predicted octanol–water partition coefficient (Wildman–Crippen LogP) is 3.47. The minimum atomic E-state index is -0.344. The molecule has 1 atom stereocenters. The number of rotatable bonds is 5. The van der Waals surface area contributed by atoms with E-state index in [1.807, 2.05) is 17.0 Å². The number of aliphatic hydroxyl groups is 1. The van der Waals surface area contributed by atoms with Gasteiger partial charge < -0.3 is 19.7 Å². The van der Waals surface area contributed by atoms with E-state index in [1.54, 1.807) is 19.2 Å². The van der Waals surface area contributed by atoms with E-state index >= 15 is 0 Å². The zero-order valence-corrected chi connectivity index (χ0v) is 18.7. The molecule has 1 aliphatic carbocycles. The molecule has 0 bridgehead atoms. The number of aliphatic hydroxyl groups excluding tert-OH is 1. The van der Waals surface area contributed by atoms with Crippen molar-refractivity contribution in [3.8, 4) is 5.75 Å². The van der Waals surface area contributed by atoms with Gasteiger partial charge in [-0.25, -0.2) is 4.39 Å². The van der Waals surface area contributed by atoms with E-state index in [2.05, 4.69) is 16.0 Å². The lowest BCUT2D eigenvalue weighted by Gasteiger charge is -2.56. The van der Waals surface area contributed by atoms with Crippen LogP contribution in [0.5, 0.6) is 5.75 Å². The molecule has 6 rings (SSSR count). The highest BCUT2D eigenvalue weighted by atomic mass is 19.1. The van der Waals surface area contributed by atoms with E-state index in [1.165, 1.54) is 30.5 Å². The van der Waals surface area contributed by atoms with Crippen LogP contribution in [0.2, 0.25) is 0 Å². The number of nitrogens with one attached hydrogen (secondary N) is 1. The molecule has 7 heteroatoms. The lowest BCUT2D eigenvalue weighted by Crippen LogP contribution is -2.67. The number of methoxy groups -OCH3 is 1. The minimum absolute atomic E-state index is 0.0536. The summed E-state index contributed by atoms with van der Waals surface area (Å²) in [5.41, 5.74) is 3.58. The maximum atomic E-state index is 13.3. The predicted molar refractivity (Wildman–Crippen MR) is 123 cm³/mol. The van der Waals surface area contributed by atoms with Crippen molar-refractivity contribution >= 4 is 16.8 Å². The molecule has 3 heterocycles. The van der Waals surface area contributed by atoms with Crippen molar-refractivity contribution in [2.24, 2.45) is 5.92 Å². The number of nitrogens with zero attached hydrogens (tertiary/aromatic N) is 2. The van der Waals surface area contributed by atoms with Crippen LogP contribution in [-0.2, 0) is 5.41 Å². The van der Waals surface area contributed by atoms with E-state index < -0.39 is 0 Å². The molecule has 6 nitrogen and oxygen atoms in total. The fraction of sp³-hybridized carbons (Fsp3) is 0.423. The van der Waals surface area contributed by atoms with Gasteiger partial charge in [-0.05, 0) is 60.7 Å². The minimum Gasteiger partial charge on any atom is -0.497 e. The first-order valence-electron chi connectivity index (χ1n) is 11.6. The van der Waals surface area contributed by atoms with Gasteiger partial charge >= 0.3 is 0 Å². The first-order chi connectivity index (χ1) is 16.0. The Morgan fingerprint density at radius 3 is 2.61 bits per heavy atom. The summed E-state index contributed by atoms with van der Waals surface area (Å²) < 4.78 is 18.8. The van der Waals surface area contributed by atoms with E-state index in [0.717, 1.165) is 35.4 Å². The molecular weight excluding hydrogens is 421 g/mol. The van der Waals surface area contributed by atoms with Gasteiger partial charge in [-0.15, -0.1) is 0 Å². The van der Waals surface area contributed by atoms with Crippen LogP contribution >= 0.6 is 0 Å². The van der Waals surface area contributed by atoms with Crippen molar-refractivity contribution in [1.82, 2.24) is 14.8 Å². The number of fused-ring (bicyclic) bond motifs is 4. The second-order valence-corrected chi connectivity index (χ2v) is 9.84. The van der Waals surface area contributed by atoms with Gasteiger partial charge in [0.2, 0.25) is 0 Å². The molecule has 3 aromatic rings. The zero-order valence-electron chi connectivity index (χ0n) is 18.7. The number of H-pyrrole nitrogens is 1. The maximum Gasteiger partial charge on any atom is 0.253 e.